The summed E-state index contributed by atoms with van der Waals surface area (Å²) in [5, 5.41) is 0. The number of amides is 1. The Kier molecular flexibility index (Phi) is 6.87. The second-order valence-electron chi connectivity index (χ2n) is 5.57. The topological polar surface area (TPSA) is 57.2 Å². The summed E-state index contributed by atoms with van der Waals surface area (Å²) in [5.74, 6) is 1.27. The predicted octanol–water partition coefficient (Wildman–Crippen LogP) is 2.84. The van der Waals surface area contributed by atoms with Crippen LogP contribution in [0.2, 0.25) is 0 Å². The van der Waals surface area contributed by atoms with E-state index in [9.17, 15) is 4.79 Å². The van der Waals surface area contributed by atoms with Crippen molar-refractivity contribution in [3.63, 3.8) is 0 Å². The Balaban J connectivity index is 1.96. The lowest BCUT2D eigenvalue weighted by Gasteiger charge is -2.19. The molecular weight excluding hydrogens is 310 g/mol. The Hall–Kier alpha value is -1.79. The molecule has 1 aromatic rings. The number of ether oxygens (including phenoxy) is 4. The summed E-state index contributed by atoms with van der Waals surface area (Å²) in [7, 11) is 3.17. The average molecular weight is 337 g/mol. The summed E-state index contributed by atoms with van der Waals surface area (Å²) in [4.78, 5) is 14.4. The molecule has 1 heterocycles. The molecule has 1 aliphatic rings. The van der Waals surface area contributed by atoms with E-state index in [1.807, 2.05) is 24.8 Å². The van der Waals surface area contributed by atoms with E-state index in [0.29, 0.717) is 43.4 Å². The van der Waals surface area contributed by atoms with Gasteiger partial charge in [-0.1, -0.05) is 0 Å². The molecule has 6 heteroatoms. The summed E-state index contributed by atoms with van der Waals surface area (Å²) in [5.41, 5.74) is 1.67. The molecule has 0 radical (unpaired) electrons. The first-order valence-electron chi connectivity index (χ1n) is 8.41. The summed E-state index contributed by atoms with van der Waals surface area (Å²) >= 11 is 0. The van der Waals surface area contributed by atoms with Gasteiger partial charge in [0.1, 0.15) is 0 Å². The van der Waals surface area contributed by atoms with Crippen LogP contribution in [-0.4, -0.2) is 51.1 Å². The Labute approximate surface area is 143 Å². The van der Waals surface area contributed by atoms with Crippen LogP contribution in [0.1, 0.15) is 42.6 Å². The first-order chi connectivity index (χ1) is 11.6. The molecule has 0 saturated heterocycles. The van der Waals surface area contributed by atoms with Crippen molar-refractivity contribution in [1.82, 2.24) is 4.90 Å². The molecule has 0 bridgehead atoms. The molecule has 0 spiro atoms. The average Bonchev–Trinajstić information content (AvgIpc) is 2.89. The molecule has 0 unspecified atom stereocenters. The van der Waals surface area contributed by atoms with E-state index in [1.54, 1.807) is 20.3 Å². The molecule has 1 aliphatic heterocycles. The number of nitrogens with zero attached hydrogens (tertiary/aromatic N) is 1. The largest absolute Gasteiger partial charge is 0.493 e. The van der Waals surface area contributed by atoms with E-state index in [1.165, 1.54) is 0 Å². The fourth-order valence-corrected chi connectivity index (χ4v) is 2.91. The summed E-state index contributed by atoms with van der Waals surface area (Å²) < 4.78 is 21.7. The third kappa shape index (κ3) is 4.19. The van der Waals surface area contributed by atoms with Gasteiger partial charge in [0.25, 0.3) is 5.91 Å². The molecule has 1 aromatic carbocycles. The zero-order chi connectivity index (χ0) is 17.5. The van der Waals surface area contributed by atoms with Gasteiger partial charge in [0.05, 0.1) is 14.2 Å². The number of rotatable bonds is 10. The maximum absolute atomic E-state index is 12.6. The second kappa shape index (κ2) is 8.89. The van der Waals surface area contributed by atoms with Gasteiger partial charge in [-0.15, -0.1) is 0 Å². The molecule has 0 aliphatic carbocycles. The van der Waals surface area contributed by atoms with Crippen molar-refractivity contribution in [2.45, 2.75) is 39.5 Å². The van der Waals surface area contributed by atoms with Gasteiger partial charge in [0.15, 0.2) is 17.8 Å². The Morgan fingerprint density at radius 1 is 1.08 bits per heavy atom. The zero-order valence-electron chi connectivity index (χ0n) is 15.0. The van der Waals surface area contributed by atoms with E-state index in [-0.39, 0.29) is 12.2 Å². The monoisotopic (exact) mass is 337 g/mol. The van der Waals surface area contributed by atoms with Gasteiger partial charge in [0.2, 0.25) is 0 Å². The lowest BCUT2D eigenvalue weighted by Crippen LogP contribution is -2.26. The van der Waals surface area contributed by atoms with Crippen molar-refractivity contribution in [1.29, 1.82) is 0 Å². The molecule has 24 heavy (non-hydrogen) atoms. The third-order valence-electron chi connectivity index (χ3n) is 4.06. The van der Waals surface area contributed by atoms with Crippen molar-refractivity contribution in [3.05, 3.63) is 23.3 Å². The number of methoxy groups -OCH3 is 2. The first kappa shape index (κ1) is 18.5. The molecule has 0 aromatic heterocycles. The lowest BCUT2D eigenvalue weighted by atomic mass is 10.1. The number of carbonyl (C=O) groups is 1. The highest BCUT2D eigenvalue weighted by molar-refractivity contribution is 5.99. The van der Waals surface area contributed by atoms with Crippen LogP contribution in [0.4, 0.5) is 0 Å². The molecule has 2 rings (SSSR count). The van der Waals surface area contributed by atoms with Crippen LogP contribution < -0.4 is 9.47 Å². The minimum atomic E-state index is -0.194. The van der Waals surface area contributed by atoms with E-state index >= 15 is 0 Å². The van der Waals surface area contributed by atoms with Crippen LogP contribution >= 0.6 is 0 Å². The quantitative estimate of drug-likeness (QED) is 0.615. The van der Waals surface area contributed by atoms with E-state index < -0.39 is 0 Å². The van der Waals surface area contributed by atoms with Crippen LogP contribution in [0.5, 0.6) is 11.5 Å². The van der Waals surface area contributed by atoms with E-state index in [4.69, 9.17) is 18.9 Å². The van der Waals surface area contributed by atoms with Gasteiger partial charge in [-0.2, -0.15) is 0 Å². The Bertz CT molecular complexity index is 555. The fourth-order valence-electron chi connectivity index (χ4n) is 2.91. The molecule has 0 fully saturated rings. The summed E-state index contributed by atoms with van der Waals surface area (Å²) in [6.45, 7) is 6.43. The van der Waals surface area contributed by atoms with Gasteiger partial charge in [0, 0.05) is 38.3 Å². The molecular formula is C18H27NO5. The van der Waals surface area contributed by atoms with Crippen molar-refractivity contribution < 1.29 is 23.7 Å². The van der Waals surface area contributed by atoms with Crippen molar-refractivity contribution >= 4 is 5.91 Å². The minimum absolute atomic E-state index is 0.0373. The highest BCUT2D eigenvalue weighted by atomic mass is 16.7. The zero-order valence-corrected chi connectivity index (χ0v) is 15.0. The van der Waals surface area contributed by atoms with Crippen molar-refractivity contribution in [3.8, 4) is 11.5 Å². The third-order valence-corrected chi connectivity index (χ3v) is 4.06. The number of carbonyl (C=O) groups excluding carboxylic acids is 1. The molecule has 1 amide bonds. The lowest BCUT2D eigenvalue weighted by molar-refractivity contribution is -0.140. The molecule has 0 atom stereocenters. The van der Waals surface area contributed by atoms with Crippen molar-refractivity contribution in [2.24, 2.45) is 0 Å². The van der Waals surface area contributed by atoms with Crippen molar-refractivity contribution in [2.75, 3.05) is 34.0 Å². The molecule has 0 saturated carbocycles. The van der Waals surface area contributed by atoms with Gasteiger partial charge in [-0.3, -0.25) is 4.79 Å². The normalized spacial score (nSPS) is 13.5. The van der Waals surface area contributed by atoms with Gasteiger partial charge >= 0.3 is 0 Å². The smallest absolute Gasteiger partial charge is 0.254 e. The fraction of sp³-hybridized carbons (Fsp3) is 0.611. The van der Waals surface area contributed by atoms with Crippen LogP contribution in [0.3, 0.4) is 0 Å². The first-order valence-corrected chi connectivity index (χ1v) is 8.41. The Morgan fingerprint density at radius 3 is 2.29 bits per heavy atom. The highest BCUT2D eigenvalue weighted by Crippen LogP contribution is 2.34. The number of benzene rings is 1. The molecule has 134 valence electrons. The van der Waals surface area contributed by atoms with Crippen LogP contribution in [0.15, 0.2) is 12.1 Å². The predicted molar refractivity (Wildman–Crippen MR) is 90.6 cm³/mol. The number of hydrogen-bond acceptors (Lipinski definition) is 5. The van der Waals surface area contributed by atoms with Crippen LogP contribution in [-0.2, 0) is 16.0 Å². The standard InChI is InChI=1S/C18H27NO5/c1-5-23-17(24-6-2)8-7-9-19-12-13-10-15(21-3)16(22-4)11-14(13)18(19)20/h10-11,17H,5-9,12H2,1-4H3. The Morgan fingerprint density at radius 2 is 1.71 bits per heavy atom. The maximum atomic E-state index is 12.6. The van der Waals surface area contributed by atoms with Crippen LogP contribution in [0.25, 0.3) is 0 Å². The maximum Gasteiger partial charge on any atom is 0.254 e. The van der Waals surface area contributed by atoms with Crippen LogP contribution in [0, 0.1) is 0 Å². The van der Waals surface area contributed by atoms with Gasteiger partial charge in [-0.25, -0.2) is 0 Å². The summed E-state index contributed by atoms with van der Waals surface area (Å²) in [6.07, 6.45) is 1.41. The number of fused-ring (bicyclic) bond motifs is 1. The summed E-state index contributed by atoms with van der Waals surface area (Å²) in [6, 6.07) is 3.65. The molecule has 6 nitrogen and oxygen atoms in total. The van der Waals surface area contributed by atoms with E-state index in [0.717, 1.165) is 18.4 Å². The highest BCUT2D eigenvalue weighted by Gasteiger charge is 2.29. The SMILES string of the molecule is CCOC(CCCN1Cc2cc(OC)c(OC)cc2C1=O)OCC. The van der Waals surface area contributed by atoms with Gasteiger partial charge in [-0.05, 0) is 38.0 Å². The number of hydrogen-bond donors (Lipinski definition) is 0. The second-order valence-corrected chi connectivity index (χ2v) is 5.57. The van der Waals surface area contributed by atoms with Gasteiger partial charge < -0.3 is 23.8 Å². The minimum Gasteiger partial charge on any atom is -0.493 e. The van der Waals surface area contributed by atoms with E-state index in [2.05, 4.69) is 0 Å². The molecule has 0 N–H and O–H groups in total.